The first-order valence-corrected chi connectivity index (χ1v) is 7.06. The SMILES string of the molecule is CC1CCN(C(=O)C(C)(C)c2ccccc2F)CC1O. The van der Waals surface area contributed by atoms with Crippen LogP contribution >= 0.6 is 0 Å². The lowest BCUT2D eigenvalue weighted by molar-refractivity contribution is -0.140. The van der Waals surface area contributed by atoms with Crippen molar-refractivity contribution in [1.29, 1.82) is 0 Å². The Labute approximate surface area is 119 Å². The Morgan fingerprint density at radius 2 is 2.05 bits per heavy atom. The summed E-state index contributed by atoms with van der Waals surface area (Å²) in [5.74, 6) is -0.291. The number of carbonyl (C=O) groups excluding carboxylic acids is 1. The molecule has 0 aromatic heterocycles. The minimum atomic E-state index is -0.925. The van der Waals surface area contributed by atoms with E-state index in [1.807, 2.05) is 6.92 Å². The number of nitrogens with zero attached hydrogens (tertiary/aromatic N) is 1. The lowest BCUT2D eigenvalue weighted by Gasteiger charge is -2.38. The van der Waals surface area contributed by atoms with E-state index in [-0.39, 0.29) is 17.6 Å². The number of carbonyl (C=O) groups is 1. The fourth-order valence-corrected chi connectivity index (χ4v) is 2.71. The van der Waals surface area contributed by atoms with Crippen LogP contribution in [0.15, 0.2) is 24.3 Å². The molecule has 1 aliphatic rings. The second kappa shape index (κ2) is 5.52. The van der Waals surface area contributed by atoms with Crippen LogP contribution in [0.1, 0.15) is 32.8 Å². The second-order valence-corrected chi connectivity index (χ2v) is 6.19. The Morgan fingerprint density at radius 3 is 2.65 bits per heavy atom. The van der Waals surface area contributed by atoms with Crippen molar-refractivity contribution in [3.63, 3.8) is 0 Å². The van der Waals surface area contributed by atoms with Gasteiger partial charge in [-0.25, -0.2) is 4.39 Å². The zero-order valence-corrected chi connectivity index (χ0v) is 12.3. The predicted molar refractivity (Wildman–Crippen MR) is 75.8 cm³/mol. The van der Waals surface area contributed by atoms with E-state index >= 15 is 0 Å². The van der Waals surface area contributed by atoms with E-state index in [0.29, 0.717) is 18.7 Å². The monoisotopic (exact) mass is 279 g/mol. The first kappa shape index (κ1) is 15.0. The van der Waals surface area contributed by atoms with Crippen LogP contribution in [-0.2, 0) is 10.2 Å². The third-order valence-electron chi connectivity index (χ3n) is 4.29. The summed E-state index contributed by atoms with van der Waals surface area (Å²) in [6.07, 6.45) is 0.282. The summed E-state index contributed by atoms with van der Waals surface area (Å²) in [4.78, 5) is 14.3. The number of aliphatic hydroxyl groups is 1. The predicted octanol–water partition coefficient (Wildman–Crippen LogP) is 2.33. The number of piperidine rings is 1. The van der Waals surface area contributed by atoms with Gasteiger partial charge in [0.05, 0.1) is 11.5 Å². The van der Waals surface area contributed by atoms with Crippen molar-refractivity contribution in [2.24, 2.45) is 5.92 Å². The molecule has 0 bridgehead atoms. The molecule has 2 atom stereocenters. The van der Waals surface area contributed by atoms with Crippen molar-refractivity contribution in [2.75, 3.05) is 13.1 Å². The van der Waals surface area contributed by atoms with Gasteiger partial charge in [-0.05, 0) is 32.3 Å². The molecule has 1 amide bonds. The number of aliphatic hydroxyl groups excluding tert-OH is 1. The van der Waals surface area contributed by atoms with Gasteiger partial charge in [0.25, 0.3) is 0 Å². The van der Waals surface area contributed by atoms with Gasteiger partial charge in [0.2, 0.25) is 5.91 Å². The smallest absolute Gasteiger partial charge is 0.232 e. The zero-order chi connectivity index (χ0) is 14.9. The Bertz CT molecular complexity index is 501. The summed E-state index contributed by atoms with van der Waals surface area (Å²) in [6.45, 7) is 6.40. The van der Waals surface area contributed by atoms with E-state index in [1.54, 1.807) is 36.9 Å². The van der Waals surface area contributed by atoms with Gasteiger partial charge >= 0.3 is 0 Å². The molecule has 2 unspecified atom stereocenters. The first-order chi connectivity index (χ1) is 9.34. The van der Waals surface area contributed by atoms with E-state index in [4.69, 9.17) is 0 Å². The quantitative estimate of drug-likeness (QED) is 0.902. The summed E-state index contributed by atoms with van der Waals surface area (Å²) in [5, 5.41) is 9.92. The van der Waals surface area contributed by atoms with E-state index in [0.717, 1.165) is 6.42 Å². The lowest BCUT2D eigenvalue weighted by atomic mass is 9.82. The fraction of sp³-hybridized carbons (Fsp3) is 0.562. The molecule has 1 N–H and O–H groups in total. The average molecular weight is 279 g/mol. The van der Waals surface area contributed by atoms with Crippen molar-refractivity contribution >= 4 is 5.91 Å². The molecule has 20 heavy (non-hydrogen) atoms. The normalized spacial score (nSPS) is 23.8. The van der Waals surface area contributed by atoms with Gasteiger partial charge < -0.3 is 10.0 Å². The molecule has 0 radical (unpaired) electrons. The van der Waals surface area contributed by atoms with Gasteiger partial charge in [-0.2, -0.15) is 0 Å². The summed E-state index contributed by atoms with van der Waals surface area (Å²) < 4.78 is 13.9. The number of rotatable bonds is 2. The molecule has 1 saturated heterocycles. The molecule has 0 aliphatic carbocycles. The third kappa shape index (κ3) is 2.70. The number of amides is 1. The molecular formula is C16H22FNO2. The second-order valence-electron chi connectivity index (χ2n) is 6.19. The van der Waals surface area contributed by atoms with Gasteiger partial charge in [0.15, 0.2) is 0 Å². The Morgan fingerprint density at radius 1 is 1.40 bits per heavy atom. The van der Waals surface area contributed by atoms with E-state index in [1.165, 1.54) is 6.07 Å². The number of likely N-dealkylation sites (tertiary alicyclic amines) is 1. The molecular weight excluding hydrogens is 257 g/mol. The standard InChI is InChI=1S/C16H22FNO2/c1-11-8-9-18(10-14(11)19)15(20)16(2,3)12-6-4-5-7-13(12)17/h4-7,11,14,19H,8-10H2,1-3H3. The maximum atomic E-state index is 13.9. The lowest BCUT2D eigenvalue weighted by Crippen LogP contribution is -2.51. The first-order valence-electron chi connectivity index (χ1n) is 7.06. The average Bonchev–Trinajstić information content (AvgIpc) is 2.41. The van der Waals surface area contributed by atoms with Gasteiger partial charge in [0, 0.05) is 18.7 Å². The Balaban J connectivity index is 2.22. The van der Waals surface area contributed by atoms with Gasteiger partial charge in [-0.1, -0.05) is 25.1 Å². The van der Waals surface area contributed by atoms with Crippen molar-refractivity contribution in [1.82, 2.24) is 4.90 Å². The molecule has 0 saturated carbocycles. The van der Waals surface area contributed by atoms with Crippen molar-refractivity contribution in [3.8, 4) is 0 Å². The van der Waals surface area contributed by atoms with Crippen LogP contribution in [0.5, 0.6) is 0 Å². The van der Waals surface area contributed by atoms with Crippen LogP contribution in [0, 0.1) is 11.7 Å². The number of hydrogen-bond donors (Lipinski definition) is 1. The molecule has 2 rings (SSSR count). The van der Waals surface area contributed by atoms with Crippen molar-refractivity contribution < 1.29 is 14.3 Å². The van der Waals surface area contributed by atoms with Crippen LogP contribution in [-0.4, -0.2) is 35.1 Å². The van der Waals surface area contributed by atoms with Crippen molar-refractivity contribution in [2.45, 2.75) is 38.7 Å². The molecule has 1 aliphatic heterocycles. The van der Waals surface area contributed by atoms with E-state index in [2.05, 4.69) is 0 Å². The number of β-amino-alcohol motifs (C(OH)–C–C–N with tert-alkyl or cyclic N) is 1. The number of halogens is 1. The third-order valence-corrected chi connectivity index (χ3v) is 4.29. The largest absolute Gasteiger partial charge is 0.391 e. The minimum Gasteiger partial charge on any atom is -0.391 e. The number of hydrogen-bond acceptors (Lipinski definition) is 2. The molecule has 1 aromatic carbocycles. The Kier molecular flexibility index (Phi) is 4.14. The molecule has 1 fully saturated rings. The summed E-state index contributed by atoms with van der Waals surface area (Å²) in [5.41, 5.74) is -0.524. The zero-order valence-electron chi connectivity index (χ0n) is 12.3. The summed E-state index contributed by atoms with van der Waals surface area (Å²) in [6, 6.07) is 6.38. The van der Waals surface area contributed by atoms with Crippen LogP contribution in [0.3, 0.4) is 0 Å². The van der Waals surface area contributed by atoms with Gasteiger partial charge in [-0.15, -0.1) is 0 Å². The maximum Gasteiger partial charge on any atom is 0.232 e. The van der Waals surface area contributed by atoms with Gasteiger partial charge in [-0.3, -0.25) is 4.79 Å². The highest BCUT2D eigenvalue weighted by molar-refractivity contribution is 5.87. The van der Waals surface area contributed by atoms with Crippen LogP contribution in [0.25, 0.3) is 0 Å². The molecule has 1 aromatic rings. The summed E-state index contributed by atoms with van der Waals surface area (Å²) in [7, 11) is 0. The van der Waals surface area contributed by atoms with Crippen LogP contribution < -0.4 is 0 Å². The van der Waals surface area contributed by atoms with Crippen LogP contribution in [0.2, 0.25) is 0 Å². The highest BCUT2D eigenvalue weighted by Crippen LogP contribution is 2.30. The highest BCUT2D eigenvalue weighted by Gasteiger charge is 2.38. The molecule has 0 spiro atoms. The van der Waals surface area contributed by atoms with E-state index < -0.39 is 11.5 Å². The fourth-order valence-electron chi connectivity index (χ4n) is 2.71. The minimum absolute atomic E-state index is 0.131. The highest BCUT2D eigenvalue weighted by atomic mass is 19.1. The van der Waals surface area contributed by atoms with Crippen LogP contribution in [0.4, 0.5) is 4.39 Å². The van der Waals surface area contributed by atoms with E-state index in [9.17, 15) is 14.3 Å². The molecule has 1 heterocycles. The van der Waals surface area contributed by atoms with Crippen molar-refractivity contribution in [3.05, 3.63) is 35.6 Å². The molecule has 110 valence electrons. The number of benzene rings is 1. The summed E-state index contributed by atoms with van der Waals surface area (Å²) >= 11 is 0. The molecule has 4 heteroatoms. The maximum absolute atomic E-state index is 13.9. The molecule has 3 nitrogen and oxygen atoms in total. The topological polar surface area (TPSA) is 40.5 Å². The Hall–Kier alpha value is -1.42. The van der Waals surface area contributed by atoms with Gasteiger partial charge in [0.1, 0.15) is 5.82 Å².